The van der Waals surface area contributed by atoms with Crippen molar-refractivity contribution in [1.29, 1.82) is 0 Å². The quantitative estimate of drug-likeness (QED) is 0.632. The van der Waals surface area contributed by atoms with Crippen LogP contribution >= 0.6 is 0 Å². The van der Waals surface area contributed by atoms with E-state index < -0.39 is 6.10 Å². The number of nitrogens with two attached hydrogens (primary N) is 1. The predicted molar refractivity (Wildman–Crippen MR) is 127 cm³/mol. The van der Waals surface area contributed by atoms with Gasteiger partial charge in [0.2, 0.25) is 11.9 Å². The molecule has 1 amide bonds. The van der Waals surface area contributed by atoms with Crippen LogP contribution in [0.3, 0.4) is 0 Å². The number of carbonyl (C=O) groups is 1. The van der Waals surface area contributed by atoms with Crippen LogP contribution in [0.4, 0.5) is 17.7 Å². The van der Waals surface area contributed by atoms with E-state index in [9.17, 15) is 9.90 Å². The first kappa shape index (κ1) is 22.7. The molecule has 0 spiro atoms. The largest absolute Gasteiger partial charge is 0.383 e. The molecule has 2 aromatic heterocycles. The van der Waals surface area contributed by atoms with E-state index in [1.807, 2.05) is 13.8 Å². The van der Waals surface area contributed by atoms with Gasteiger partial charge in [-0.1, -0.05) is 13.8 Å². The Morgan fingerprint density at radius 1 is 1.15 bits per heavy atom. The summed E-state index contributed by atoms with van der Waals surface area (Å²) in [5, 5.41) is 10.3. The van der Waals surface area contributed by atoms with Crippen molar-refractivity contribution in [2.75, 3.05) is 61.5 Å². The van der Waals surface area contributed by atoms with E-state index in [4.69, 9.17) is 20.4 Å². The van der Waals surface area contributed by atoms with E-state index in [1.165, 1.54) is 0 Å². The number of nitrogen functional groups attached to an aromatic ring is 1. The highest BCUT2D eigenvalue weighted by Crippen LogP contribution is 2.37. The van der Waals surface area contributed by atoms with Crippen molar-refractivity contribution in [3.05, 3.63) is 18.0 Å². The van der Waals surface area contributed by atoms with Crippen molar-refractivity contribution in [3.8, 4) is 11.3 Å². The fraction of sp³-hybridized carbons (Fsp3) is 0.609. The summed E-state index contributed by atoms with van der Waals surface area (Å²) >= 11 is 0. The van der Waals surface area contributed by atoms with E-state index in [0.717, 1.165) is 55.1 Å². The molecule has 5 rings (SSSR count). The molecule has 3 aliphatic heterocycles. The molecule has 11 nitrogen and oxygen atoms in total. The first-order valence-electron chi connectivity index (χ1n) is 12.0. The Kier molecular flexibility index (Phi) is 6.22. The second-order valence-electron chi connectivity index (χ2n) is 9.46. The molecule has 0 aromatic carbocycles. The average Bonchev–Trinajstić information content (AvgIpc) is 3.51. The molecule has 182 valence electrons. The average molecular weight is 469 g/mol. The molecule has 0 radical (unpaired) electrons. The Morgan fingerprint density at radius 2 is 1.88 bits per heavy atom. The Hall–Kier alpha value is -3.05. The molecule has 0 bridgehead atoms. The lowest BCUT2D eigenvalue weighted by molar-refractivity contribution is -0.141. The van der Waals surface area contributed by atoms with Crippen LogP contribution in [0.1, 0.15) is 25.8 Å². The molecule has 3 aliphatic rings. The summed E-state index contributed by atoms with van der Waals surface area (Å²) in [4.78, 5) is 37.2. The van der Waals surface area contributed by atoms with Crippen LogP contribution in [0.5, 0.6) is 0 Å². The maximum Gasteiger partial charge on any atom is 0.251 e. The van der Waals surface area contributed by atoms with Gasteiger partial charge >= 0.3 is 0 Å². The number of hydrogen-bond acceptors (Lipinski definition) is 10. The fourth-order valence-electron chi connectivity index (χ4n) is 4.89. The van der Waals surface area contributed by atoms with Gasteiger partial charge in [0.25, 0.3) is 5.91 Å². The lowest BCUT2D eigenvalue weighted by atomic mass is 10.1. The third-order valence-corrected chi connectivity index (χ3v) is 6.89. The first-order valence-corrected chi connectivity index (χ1v) is 12.0. The third-order valence-electron chi connectivity index (χ3n) is 6.89. The van der Waals surface area contributed by atoms with Gasteiger partial charge in [-0.05, 0) is 18.8 Å². The normalized spacial score (nSPS) is 21.3. The molecule has 2 fully saturated rings. The minimum atomic E-state index is -0.961. The minimum absolute atomic E-state index is 0.104. The Balaban J connectivity index is 1.46. The van der Waals surface area contributed by atoms with E-state index in [1.54, 1.807) is 17.3 Å². The van der Waals surface area contributed by atoms with Gasteiger partial charge in [-0.3, -0.25) is 4.79 Å². The smallest absolute Gasteiger partial charge is 0.251 e. The molecule has 0 unspecified atom stereocenters. The number of amides is 1. The number of aromatic nitrogens is 4. The topological polar surface area (TPSA) is 134 Å². The Labute approximate surface area is 199 Å². The number of aliphatic hydroxyl groups excluding tert-OH is 1. The fourth-order valence-corrected chi connectivity index (χ4v) is 4.89. The molecule has 2 atom stereocenters. The standard InChI is InChI=1S/C23H32N8O3/c1-14(2)19(32)21(33)30-5-3-16(13-30)31-6-4-17-18(15-11-25-22(24)26-12-15)27-23(28-20(17)31)29-7-9-34-10-8-29/h11-12,14,16,19,32H,3-10,13H2,1-2H3,(H2,24,25,26)/t16-,19-/m0/s1. The molecule has 2 aromatic rings. The highest BCUT2D eigenvalue weighted by molar-refractivity contribution is 5.81. The lowest BCUT2D eigenvalue weighted by Crippen LogP contribution is -2.43. The molecule has 34 heavy (non-hydrogen) atoms. The van der Waals surface area contributed by atoms with Crippen LogP contribution in [0, 0.1) is 5.92 Å². The van der Waals surface area contributed by atoms with E-state index in [0.29, 0.717) is 32.3 Å². The number of ether oxygens (including phenoxy) is 1. The molecular weight excluding hydrogens is 436 g/mol. The molecule has 0 aliphatic carbocycles. The van der Waals surface area contributed by atoms with Crippen LogP contribution in [-0.4, -0.2) is 93.9 Å². The lowest BCUT2D eigenvalue weighted by Gasteiger charge is -2.30. The van der Waals surface area contributed by atoms with Crippen molar-refractivity contribution >= 4 is 23.6 Å². The SMILES string of the molecule is CC(C)[C@H](O)C(=O)N1CC[C@H](N2CCc3c(-c4cnc(N)nc4)nc(N4CCOCC4)nc32)C1. The summed E-state index contributed by atoms with van der Waals surface area (Å²) in [6.07, 6.45) is 4.10. The summed E-state index contributed by atoms with van der Waals surface area (Å²) in [6, 6.07) is 0.146. The molecule has 5 heterocycles. The van der Waals surface area contributed by atoms with Crippen LogP contribution < -0.4 is 15.5 Å². The van der Waals surface area contributed by atoms with Crippen molar-refractivity contribution < 1.29 is 14.6 Å². The number of likely N-dealkylation sites (tertiary alicyclic amines) is 1. The number of rotatable bonds is 5. The van der Waals surface area contributed by atoms with Crippen molar-refractivity contribution in [2.24, 2.45) is 5.92 Å². The first-order chi connectivity index (χ1) is 16.4. The van der Waals surface area contributed by atoms with E-state index >= 15 is 0 Å². The number of hydrogen-bond donors (Lipinski definition) is 2. The number of morpholine rings is 1. The zero-order valence-corrected chi connectivity index (χ0v) is 19.7. The summed E-state index contributed by atoms with van der Waals surface area (Å²) in [5.74, 6) is 1.51. The zero-order chi connectivity index (χ0) is 23.8. The molecule has 2 saturated heterocycles. The zero-order valence-electron chi connectivity index (χ0n) is 19.7. The maximum absolute atomic E-state index is 12.7. The van der Waals surface area contributed by atoms with E-state index in [2.05, 4.69) is 19.8 Å². The number of fused-ring (bicyclic) bond motifs is 1. The molecule has 3 N–H and O–H groups in total. The van der Waals surface area contributed by atoms with Crippen molar-refractivity contribution in [1.82, 2.24) is 24.8 Å². The predicted octanol–water partition coefficient (Wildman–Crippen LogP) is 0.333. The number of nitrogens with zero attached hydrogens (tertiary/aromatic N) is 7. The van der Waals surface area contributed by atoms with Gasteiger partial charge in [0, 0.05) is 62.3 Å². The second kappa shape index (κ2) is 9.30. The summed E-state index contributed by atoms with van der Waals surface area (Å²) in [5.41, 5.74) is 8.42. The van der Waals surface area contributed by atoms with Gasteiger partial charge in [-0.2, -0.15) is 4.98 Å². The molecule has 0 saturated carbocycles. The summed E-state index contributed by atoms with van der Waals surface area (Å²) in [7, 11) is 0. The van der Waals surface area contributed by atoms with Gasteiger partial charge < -0.3 is 30.3 Å². The van der Waals surface area contributed by atoms with Crippen LogP contribution in [0.2, 0.25) is 0 Å². The molecular formula is C23H32N8O3. The van der Waals surface area contributed by atoms with Gasteiger partial charge in [0.05, 0.1) is 18.9 Å². The number of carbonyl (C=O) groups excluding carboxylic acids is 1. The Morgan fingerprint density at radius 3 is 2.59 bits per heavy atom. The number of aliphatic hydroxyl groups is 1. The van der Waals surface area contributed by atoms with Crippen LogP contribution in [0.25, 0.3) is 11.3 Å². The third kappa shape index (κ3) is 4.25. The Bertz CT molecular complexity index is 1040. The minimum Gasteiger partial charge on any atom is -0.383 e. The highest BCUT2D eigenvalue weighted by atomic mass is 16.5. The summed E-state index contributed by atoms with van der Waals surface area (Å²) < 4.78 is 5.52. The van der Waals surface area contributed by atoms with Crippen molar-refractivity contribution in [2.45, 2.75) is 38.8 Å². The maximum atomic E-state index is 12.7. The van der Waals surface area contributed by atoms with Gasteiger partial charge in [-0.25, -0.2) is 15.0 Å². The van der Waals surface area contributed by atoms with E-state index in [-0.39, 0.29) is 23.8 Å². The highest BCUT2D eigenvalue weighted by Gasteiger charge is 2.38. The van der Waals surface area contributed by atoms with Gasteiger partial charge in [-0.15, -0.1) is 0 Å². The van der Waals surface area contributed by atoms with Crippen molar-refractivity contribution in [3.63, 3.8) is 0 Å². The van der Waals surface area contributed by atoms with Crippen LogP contribution in [-0.2, 0) is 16.0 Å². The summed E-state index contributed by atoms with van der Waals surface area (Å²) in [6.45, 7) is 8.49. The van der Waals surface area contributed by atoms with Gasteiger partial charge in [0.1, 0.15) is 11.9 Å². The second-order valence-corrected chi connectivity index (χ2v) is 9.46. The van der Waals surface area contributed by atoms with Crippen LogP contribution in [0.15, 0.2) is 12.4 Å². The molecule has 11 heteroatoms. The monoisotopic (exact) mass is 468 g/mol. The van der Waals surface area contributed by atoms with Gasteiger partial charge in [0.15, 0.2) is 0 Å². The number of anilines is 3.